The number of hydrogen-bond donors (Lipinski definition) is 2. The van der Waals surface area contributed by atoms with Crippen molar-refractivity contribution in [2.45, 2.75) is 32.8 Å². The quantitative estimate of drug-likeness (QED) is 0.459. The number of amides is 1. The average Bonchev–Trinajstić information content (AvgIpc) is 2.74. The Hall–Kier alpha value is -3.81. The number of anilines is 1. The first-order valence-corrected chi connectivity index (χ1v) is 9.53. The van der Waals surface area contributed by atoms with Crippen LogP contribution in [-0.2, 0) is 9.53 Å². The van der Waals surface area contributed by atoms with Gasteiger partial charge in [-0.25, -0.2) is 9.89 Å². The molecular weight excluding hydrogens is 386 g/mol. The molecule has 0 aliphatic rings. The number of hydrogen-bond acceptors (Lipinski definition) is 6. The predicted octanol–water partition coefficient (Wildman–Crippen LogP) is 3.09. The van der Waals surface area contributed by atoms with Gasteiger partial charge in [0.15, 0.2) is 11.8 Å². The van der Waals surface area contributed by atoms with Gasteiger partial charge < -0.3 is 10.1 Å². The number of nitrogens with zero attached hydrogens (tertiary/aromatic N) is 1. The van der Waals surface area contributed by atoms with E-state index in [2.05, 4.69) is 15.5 Å². The number of Topliss-reactive ketones (excluding diaryl/α,β-unsaturated/α-hetero) is 1. The number of nitrogens with one attached hydrogen (secondary N) is 2. The average molecular weight is 407 g/mol. The zero-order valence-electron chi connectivity index (χ0n) is 16.6. The molecule has 1 aromatic heterocycles. The number of carbonyl (C=O) groups excluding carboxylic acids is 3. The number of ether oxygens (including phenoxy) is 1. The van der Waals surface area contributed by atoms with Crippen molar-refractivity contribution in [2.75, 3.05) is 5.32 Å². The lowest BCUT2D eigenvalue weighted by molar-refractivity contribution is -0.116. The van der Waals surface area contributed by atoms with Crippen LogP contribution in [0.15, 0.2) is 53.3 Å². The fraction of sp³-hybridized carbons (Fsp3) is 0.227. The molecule has 8 heteroatoms. The molecule has 0 aliphatic heterocycles. The maximum Gasteiger partial charge on any atom is 0.360 e. The van der Waals surface area contributed by atoms with Gasteiger partial charge in [-0.15, -0.1) is 0 Å². The first kappa shape index (κ1) is 20.9. The normalized spacial score (nSPS) is 11.7. The van der Waals surface area contributed by atoms with Crippen LogP contribution in [0.5, 0.6) is 0 Å². The van der Waals surface area contributed by atoms with Gasteiger partial charge in [0.2, 0.25) is 11.7 Å². The fourth-order valence-corrected chi connectivity index (χ4v) is 2.94. The lowest BCUT2D eigenvalue weighted by atomic mass is 10.1. The third-order valence-electron chi connectivity index (χ3n) is 4.47. The number of ketones is 1. The zero-order valence-corrected chi connectivity index (χ0v) is 16.6. The van der Waals surface area contributed by atoms with Gasteiger partial charge in [0.05, 0.1) is 5.39 Å². The van der Waals surface area contributed by atoms with Gasteiger partial charge in [-0.2, -0.15) is 5.10 Å². The summed E-state index contributed by atoms with van der Waals surface area (Å²) in [5.41, 5.74) is 0.429. The summed E-state index contributed by atoms with van der Waals surface area (Å²) in [6.45, 7) is 3.38. The fourth-order valence-electron chi connectivity index (χ4n) is 2.94. The molecule has 3 rings (SSSR count). The Morgan fingerprint density at radius 2 is 1.73 bits per heavy atom. The summed E-state index contributed by atoms with van der Waals surface area (Å²) in [4.78, 5) is 48.7. The minimum absolute atomic E-state index is 0.0705. The highest BCUT2D eigenvalue weighted by Crippen LogP contribution is 2.16. The highest BCUT2D eigenvalue weighted by Gasteiger charge is 2.23. The van der Waals surface area contributed by atoms with E-state index in [1.165, 1.54) is 6.92 Å². The van der Waals surface area contributed by atoms with Crippen LogP contribution in [0.4, 0.5) is 5.69 Å². The second kappa shape index (κ2) is 9.13. The van der Waals surface area contributed by atoms with Crippen molar-refractivity contribution in [3.05, 3.63) is 70.1 Å². The molecule has 0 saturated heterocycles. The van der Waals surface area contributed by atoms with Crippen molar-refractivity contribution in [1.82, 2.24) is 10.2 Å². The van der Waals surface area contributed by atoms with Crippen LogP contribution in [-0.4, -0.2) is 34.0 Å². The van der Waals surface area contributed by atoms with Crippen molar-refractivity contribution in [2.24, 2.45) is 0 Å². The van der Waals surface area contributed by atoms with Crippen molar-refractivity contribution >= 4 is 34.1 Å². The Bertz CT molecular complexity index is 1150. The molecule has 0 bridgehead atoms. The number of esters is 1. The van der Waals surface area contributed by atoms with Crippen molar-refractivity contribution in [3.63, 3.8) is 0 Å². The van der Waals surface area contributed by atoms with Crippen LogP contribution in [0.3, 0.4) is 0 Å². The molecule has 3 aromatic rings. The number of aromatic amines is 1. The van der Waals surface area contributed by atoms with Gasteiger partial charge in [0, 0.05) is 23.1 Å². The SMILES string of the molecule is CCCC(=O)Nc1ccc(C(=O)C(C)OC(=O)c2n[nH]c(=O)c3ccccc23)cc1. The number of carbonyl (C=O) groups is 3. The van der Waals surface area contributed by atoms with Gasteiger partial charge >= 0.3 is 5.97 Å². The maximum absolute atomic E-state index is 12.6. The van der Waals surface area contributed by atoms with E-state index in [1.807, 2.05) is 6.92 Å². The molecule has 2 N–H and O–H groups in total. The summed E-state index contributed by atoms with van der Waals surface area (Å²) < 4.78 is 5.28. The monoisotopic (exact) mass is 407 g/mol. The highest BCUT2D eigenvalue weighted by molar-refractivity contribution is 6.05. The van der Waals surface area contributed by atoms with Gasteiger partial charge in [-0.3, -0.25) is 14.4 Å². The van der Waals surface area contributed by atoms with E-state index < -0.39 is 23.4 Å². The summed E-state index contributed by atoms with van der Waals surface area (Å²) in [6, 6.07) is 12.9. The van der Waals surface area contributed by atoms with E-state index >= 15 is 0 Å². The van der Waals surface area contributed by atoms with Gasteiger partial charge in [0.25, 0.3) is 5.56 Å². The Kier molecular flexibility index (Phi) is 6.36. The van der Waals surface area contributed by atoms with Gasteiger partial charge in [-0.05, 0) is 43.7 Å². The molecule has 0 fully saturated rings. The molecule has 1 unspecified atom stereocenters. The molecule has 1 atom stereocenters. The van der Waals surface area contributed by atoms with Crippen molar-refractivity contribution in [1.29, 1.82) is 0 Å². The highest BCUT2D eigenvalue weighted by atomic mass is 16.5. The van der Waals surface area contributed by atoms with E-state index in [9.17, 15) is 19.2 Å². The third kappa shape index (κ3) is 4.60. The van der Waals surface area contributed by atoms with Crippen LogP contribution in [0.1, 0.15) is 47.5 Å². The van der Waals surface area contributed by atoms with Crippen LogP contribution < -0.4 is 10.9 Å². The molecular formula is C22H21N3O5. The smallest absolute Gasteiger partial charge is 0.360 e. The zero-order chi connectivity index (χ0) is 21.7. The van der Waals surface area contributed by atoms with Crippen molar-refractivity contribution < 1.29 is 19.1 Å². The molecule has 0 saturated carbocycles. The number of H-pyrrole nitrogens is 1. The summed E-state index contributed by atoms with van der Waals surface area (Å²) in [5.74, 6) is -1.31. The number of rotatable bonds is 7. The predicted molar refractivity (Wildman–Crippen MR) is 112 cm³/mol. The van der Waals surface area contributed by atoms with Crippen LogP contribution in [0, 0.1) is 0 Å². The second-order valence-corrected chi connectivity index (χ2v) is 6.73. The van der Waals surface area contributed by atoms with E-state index in [0.29, 0.717) is 28.4 Å². The molecule has 2 aromatic carbocycles. The molecule has 1 heterocycles. The Morgan fingerprint density at radius 1 is 1.07 bits per heavy atom. The maximum atomic E-state index is 12.6. The summed E-state index contributed by atoms with van der Waals surface area (Å²) in [7, 11) is 0. The minimum atomic E-state index is -1.06. The standard InChI is InChI=1S/C22H21N3O5/c1-3-6-18(26)23-15-11-9-14(10-12-15)20(27)13(2)30-22(29)19-16-7-4-5-8-17(16)21(28)25-24-19/h4-5,7-13H,3,6H2,1-2H3,(H,23,26)(H,25,28). The van der Waals surface area contributed by atoms with E-state index in [1.54, 1.807) is 48.5 Å². The Balaban J connectivity index is 1.71. The van der Waals surface area contributed by atoms with Gasteiger partial charge in [0.1, 0.15) is 0 Å². The largest absolute Gasteiger partial charge is 0.449 e. The first-order chi connectivity index (χ1) is 14.4. The molecule has 154 valence electrons. The molecule has 30 heavy (non-hydrogen) atoms. The summed E-state index contributed by atoms with van der Waals surface area (Å²) >= 11 is 0. The molecule has 8 nitrogen and oxygen atoms in total. The molecule has 0 radical (unpaired) electrons. The van der Waals surface area contributed by atoms with Crippen LogP contribution in [0.25, 0.3) is 10.8 Å². The van der Waals surface area contributed by atoms with E-state index in [0.717, 1.165) is 6.42 Å². The van der Waals surface area contributed by atoms with Crippen molar-refractivity contribution in [3.8, 4) is 0 Å². The Morgan fingerprint density at radius 3 is 2.40 bits per heavy atom. The lowest BCUT2D eigenvalue weighted by Crippen LogP contribution is -2.26. The molecule has 0 aliphatic carbocycles. The van der Waals surface area contributed by atoms with Gasteiger partial charge in [-0.1, -0.05) is 25.1 Å². The molecule has 0 spiro atoms. The second-order valence-electron chi connectivity index (χ2n) is 6.73. The summed E-state index contributed by atoms with van der Waals surface area (Å²) in [6.07, 6.45) is 0.0943. The lowest BCUT2D eigenvalue weighted by Gasteiger charge is -2.13. The number of aromatic nitrogens is 2. The molecule has 1 amide bonds. The first-order valence-electron chi connectivity index (χ1n) is 9.53. The number of benzene rings is 2. The number of fused-ring (bicyclic) bond motifs is 1. The third-order valence-corrected chi connectivity index (χ3v) is 4.47. The van der Waals surface area contributed by atoms with E-state index in [-0.39, 0.29) is 11.6 Å². The topological polar surface area (TPSA) is 118 Å². The summed E-state index contributed by atoms with van der Waals surface area (Å²) in [5, 5.41) is 9.44. The minimum Gasteiger partial charge on any atom is -0.449 e. The van der Waals surface area contributed by atoms with E-state index in [4.69, 9.17) is 4.74 Å². The van der Waals surface area contributed by atoms with Crippen LogP contribution >= 0.6 is 0 Å². The Labute approximate surface area is 172 Å². The van der Waals surface area contributed by atoms with Crippen LogP contribution in [0.2, 0.25) is 0 Å².